The molecule has 1 aromatic carbocycles. The van der Waals surface area contributed by atoms with Crippen molar-refractivity contribution in [3.8, 4) is 5.75 Å². The molecule has 0 unspecified atom stereocenters. The highest BCUT2D eigenvalue weighted by molar-refractivity contribution is 6.01. The first-order valence-corrected chi connectivity index (χ1v) is 8.44. The van der Waals surface area contributed by atoms with Crippen molar-refractivity contribution in [1.82, 2.24) is 9.80 Å². The van der Waals surface area contributed by atoms with Crippen LogP contribution in [0.1, 0.15) is 18.4 Å². The second kappa shape index (κ2) is 5.95. The zero-order valence-corrected chi connectivity index (χ0v) is 14.1. The first-order chi connectivity index (χ1) is 12.1. The Hall–Kier alpha value is -2.76. The third-order valence-electron chi connectivity index (χ3n) is 4.89. The van der Waals surface area contributed by atoms with Crippen LogP contribution in [-0.4, -0.2) is 54.1 Å². The van der Waals surface area contributed by atoms with Crippen LogP contribution in [0.4, 0.5) is 4.79 Å². The molecule has 1 aromatic rings. The van der Waals surface area contributed by atoms with Gasteiger partial charge in [-0.2, -0.15) is 0 Å². The molecule has 0 radical (unpaired) electrons. The summed E-state index contributed by atoms with van der Waals surface area (Å²) in [6.45, 7) is 1.61. The fourth-order valence-electron chi connectivity index (χ4n) is 3.69. The Labute approximate surface area is 146 Å². The Morgan fingerprint density at radius 1 is 1.24 bits per heavy atom. The average Bonchev–Trinajstić information content (AvgIpc) is 2.78. The van der Waals surface area contributed by atoms with Gasteiger partial charge in [0.15, 0.2) is 0 Å². The number of piperidine rings is 1. The number of amides is 2. The van der Waals surface area contributed by atoms with Crippen LogP contribution >= 0.6 is 0 Å². The van der Waals surface area contributed by atoms with Gasteiger partial charge < -0.3 is 19.3 Å². The number of fused-ring (bicyclic) bond motifs is 1. The number of carbonyl (C=O) groups excluding carboxylic acids is 2. The fourth-order valence-corrected chi connectivity index (χ4v) is 3.69. The van der Waals surface area contributed by atoms with Crippen molar-refractivity contribution in [3.63, 3.8) is 0 Å². The summed E-state index contributed by atoms with van der Waals surface area (Å²) in [5, 5.41) is 0. The maximum absolute atomic E-state index is 13.0. The molecule has 4 rings (SSSR count). The molecule has 1 spiro atoms. The number of benzene rings is 1. The molecule has 2 fully saturated rings. The normalized spacial score (nSPS) is 25.2. The molecule has 0 aliphatic carbocycles. The quantitative estimate of drug-likeness (QED) is 0.788. The number of ether oxygens (including phenoxy) is 2. The van der Waals surface area contributed by atoms with E-state index in [1.54, 1.807) is 29.2 Å². The van der Waals surface area contributed by atoms with Gasteiger partial charge in [0.25, 0.3) is 5.91 Å². The lowest BCUT2D eigenvalue weighted by atomic mass is 9.92. The summed E-state index contributed by atoms with van der Waals surface area (Å²) in [5.41, 5.74) is 0.859. The maximum atomic E-state index is 13.0. The summed E-state index contributed by atoms with van der Waals surface area (Å²) in [7, 11) is 1.72. The lowest BCUT2D eigenvalue weighted by molar-refractivity contribution is -0.132. The van der Waals surface area contributed by atoms with Gasteiger partial charge in [0, 0.05) is 24.7 Å². The predicted octanol–water partition coefficient (Wildman–Crippen LogP) is 2.42. The van der Waals surface area contributed by atoms with E-state index in [-0.39, 0.29) is 12.0 Å². The molecule has 2 saturated heterocycles. The first kappa shape index (κ1) is 15.7. The van der Waals surface area contributed by atoms with E-state index in [9.17, 15) is 9.59 Å². The van der Waals surface area contributed by atoms with Crippen molar-refractivity contribution in [1.29, 1.82) is 0 Å². The van der Waals surface area contributed by atoms with Crippen LogP contribution in [0.3, 0.4) is 0 Å². The van der Waals surface area contributed by atoms with Gasteiger partial charge in [0.05, 0.1) is 19.4 Å². The molecule has 1 atom stereocenters. The van der Waals surface area contributed by atoms with E-state index in [1.165, 1.54) is 0 Å². The van der Waals surface area contributed by atoms with Gasteiger partial charge in [0.1, 0.15) is 11.4 Å². The first-order valence-electron chi connectivity index (χ1n) is 8.44. The number of likely N-dealkylation sites (N-methyl/N-ethyl adjacent to an activating group) is 1. The SMILES string of the molecule is CN1C[C@]2(CCCN(C(=O)C3=Cc4ccccc4OC=C3)C2)OC1=O. The van der Waals surface area contributed by atoms with Gasteiger partial charge in [0.2, 0.25) is 0 Å². The van der Waals surface area contributed by atoms with E-state index < -0.39 is 5.60 Å². The Balaban J connectivity index is 1.57. The molecule has 0 aromatic heterocycles. The molecule has 3 aliphatic rings. The number of rotatable bonds is 1. The molecular weight excluding hydrogens is 320 g/mol. The Morgan fingerprint density at radius 2 is 2.08 bits per heavy atom. The summed E-state index contributed by atoms with van der Waals surface area (Å²) in [5.74, 6) is 0.657. The molecule has 0 N–H and O–H groups in total. The van der Waals surface area contributed by atoms with Gasteiger partial charge in [-0.15, -0.1) is 0 Å². The zero-order chi connectivity index (χ0) is 17.4. The van der Waals surface area contributed by atoms with Crippen molar-refractivity contribution in [3.05, 3.63) is 47.7 Å². The molecule has 25 heavy (non-hydrogen) atoms. The van der Waals surface area contributed by atoms with E-state index >= 15 is 0 Å². The summed E-state index contributed by atoms with van der Waals surface area (Å²) >= 11 is 0. The summed E-state index contributed by atoms with van der Waals surface area (Å²) < 4.78 is 11.1. The van der Waals surface area contributed by atoms with E-state index in [0.29, 0.717) is 25.2 Å². The third-order valence-corrected chi connectivity index (χ3v) is 4.89. The van der Waals surface area contributed by atoms with Crippen molar-refractivity contribution in [2.75, 3.05) is 26.7 Å². The van der Waals surface area contributed by atoms with E-state index in [4.69, 9.17) is 9.47 Å². The summed E-state index contributed by atoms with van der Waals surface area (Å²) in [6.07, 6.45) is 6.36. The minimum atomic E-state index is -0.580. The molecule has 130 valence electrons. The van der Waals surface area contributed by atoms with Gasteiger partial charge in [-0.25, -0.2) is 4.79 Å². The molecule has 3 aliphatic heterocycles. The topological polar surface area (TPSA) is 59.1 Å². The molecule has 6 nitrogen and oxygen atoms in total. The molecule has 6 heteroatoms. The summed E-state index contributed by atoms with van der Waals surface area (Å²) in [6, 6.07) is 7.59. The van der Waals surface area contributed by atoms with Gasteiger partial charge in [-0.05, 0) is 31.1 Å². The van der Waals surface area contributed by atoms with E-state index in [2.05, 4.69) is 0 Å². The highest BCUT2D eigenvalue weighted by Crippen LogP contribution is 2.32. The van der Waals surface area contributed by atoms with Crippen LogP contribution in [-0.2, 0) is 9.53 Å². The van der Waals surface area contributed by atoms with Crippen LogP contribution in [0.5, 0.6) is 5.75 Å². The summed E-state index contributed by atoms with van der Waals surface area (Å²) in [4.78, 5) is 28.1. The number of hydrogen-bond acceptors (Lipinski definition) is 4. The lowest BCUT2D eigenvalue weighted by Gasteiger charge is -2.38. The number of nitrogens with zero attached hydrogens (tertiary/aromatic N) is 2. The van der Waals surface area contributed by atoms with Gasteiger partial charge in [-0.1, -0.05) is 18.2 Å². The van der Waals surface area contributed by atoms with Crippen LogP contribution in [0, 0.1) is 0 Å². The van der Waals surface area contributed by atoms with Crippen molar-refractivity contribution in [2.24, 2.45) is 0 Å². The molecule has 0 saturated carbocycles. The maximum Gasteiger partial charge on any atom is 0.410 e. The van der Waals surface area contributed by atoms with Crippen LogP contribution < -0.4 is 4.74 Å². The monoisotopic (exact) mass is 340 g/mol. The van der Waals surface area contributed by atoms with Crippen molar-refractivity contribution in [2.45, 2.75) is 18.4 Å². The highest BCUT2D eigenvalue weighted by atomic mass is 16.6. The van der Waals surface area contributed by atoms with Crippen LogP contribution in [0.25, 0.3) is 6.08 Å². The standard InChI is InChI=1S/C19H20N2O4/c1-20-12-19(25-18(20)23)8-4-9-21(13-19)17(22)15-7-10-24-16-6-3-2-5-14(16)11-15/h2-3,5-7,10-11H,4,8-9,12-13H2,1H3/t19-/m0/s1. The second-order valence-electron chi connectivity index (χ2n) is 6.80. The number of hydrogen-bond donors (Lipinski definition) is 0. The van der Waals surface area contributed by atoms with E-state index in [0.717, 1.165) is 24.2 Å². The minimum absolute atomic E-state index is 0.0683. The van der Waals surface area contributed by atoms with Gasteiger partial charge >= 0.3 is 6.09 Å². The third kappa shape index (κ3) is 2.88. The van der Waals surface area contributed by atoms with Crippen molar-refractivity contribution >= 4 is 18.1 Å². The zero-order valence-electron chi connectivity index (χ0n) is 14.1. The highest BCUT2D eigenvalue weighted by Gasteiger charge is 2.47. The van der Waals surface area contributed by atoms with Crippen LogP contribution in [0.15, 0.2) is 42.2 Å². The molecule has 2 amide bonds. The smallest absolute Gasteiger partial charge is 0.410 e. The second-order valence-corrected chi connectivity index (χ2v) is 6.80. The Morgan fingerprint density at radius 3 is 2.88 bits per heavy atom. The Kier molecular flexibility index (Phi) is 3.75. The average molecular weight is 340 g/mol. The van der Waals surface area contributed by atoms with Crippen molar-refractivity contribution < 1.29 is 19.1 Å². The Bertz CT molecular complexity index is 785. The molecule has 3 heterocycles. The minimum Gasteiger partial charge on any atom is -0.464 e. The van der Waals surface area contributed by atoms with Crippen LogP contribution in [0.2, 0.25) is 0 Å². The lowest BCUT2D eigenvalue weighted by Crippen LogP contribution is -2.52. The number of carbonyl (C=O) groups is 2. The predicted molar refractivity (Wildman–Crippen MR) is 91.8 cm³/mol. The van der Waals surface area contributed by atoms with E-state index in [1.807, 2.05) is 30.3 Å². The molecular formula is C19H20N2O4. The molecule has 0 bridgehead atoms. The number of para-hydroxylation sites is 1. The number of likely N-dealkylation sites (tertiary alicyclic amines) is 1. The largest absolute Gasteiger partial charge is 0.464 e. The van der Waals surface area contributed by atoms with Gasteiger partial charge in [-0.3, -0.25) is 4.79 Å². The fraction of sp³-hybridized carbons (Fsp3) is 0.368.